The van der Waals surface area contributed by atoms with E-state index in [0.717, 1.165) is 10.7 Å². The molecular weight excluding hydrogens is 290 g/mol. The van der Waals surface area contributed by atoms with Gasteiger partial charge in [0.2, 0.25) is 0 Å². The number of benzene rings is 1. The molecule has 21 heavy (non-hydrogen) atoms. The van der Waals surface area contributed by atoms with Gasteiger partial charge in [-0.2, -0.15) is 18.3 Å². The van der Waals surface area contributed by atoms with Crippen molar-refractivity contribution in [3.05, 3.63) is 47.5 Å². The van der Waals surface area contributed by atoms with Gasteiger partial charge >= 0.3 is 6.18 Å². The second-order valence-electron chi connectivity index (χ2n) is 4.42. The van der Waals surface area contributed by atoms with Gasteiger partial charge in [0.05, 0.1) is 13.7 Å². The second kappa shape index (κ2) is 5.72. The first-order chi connectivity index (χ1) is 9.81. The van der Waals surface area contributed by atoms with E-state index in [1.165, 1.54) is 25.4 Å². The quantitative estimate of drug-likeness (QED) is 0.884. The standard InChI is InChI=1S/C13H13F4N3O/c1-21-11-3-2-8(6-9(11)14)10(18)7-20-5-4-12(19-20)13(15,16)17/h2-6,10H,7,18H2,1H3. The van der Waals surface area contributed by atoms with E-state index in [-0.39, 0.29) is 12.3 Å². The average Bonchev–Trinajstić information content (AvgIpc) is 2.87. The Labute approximate surface area is 118 Å². The van der Waals surface area contributed by atoms with E-state index in [2.05, 4.69) is 5.10 Å². The minimum atomic E-state index is -4.50. The molecule has 1 aromatic heterocycles. The fourth-order valence-electron chi connectivity index (χ4n) is 1.83. The van der Waals surface area contributed by atoms with Gasteiger partial charge in [-0.15, -0.1) is 0 Å². The van der Waals surface area contributed by atoms with Gasteiger partial charge in [-0.1, -0.05) is 6.07 Å². The third-order valence-corrected chi connectivity index (χ3v) is 2.92. The van der Waals surface area contributed by atoms with Crippen molar-refractivity contribution in [2.24, 2.45) is 5.73 Å². The third-order valence-electron chi connectivity index (χ3n) is 2.92. The summed E-state index contributed by atoms with van der Waals surface area (Å²) in [6.07, 6.45) is -3.32. The monoisotopic (exact) mass is 303 g/mol. The topological polar surface area (TPSA) is 53.1 Å². The maximum atomic E-state index is 13.6. The Morgan fingerprint density at radius 3 is 2.57 bits per heavy atom. The summed E-state index contributed by atoms with van der Waals surface area (Å²) in [4.78, 5) is 0. The number of alkyl halides is 3. The van der Waals surface area contributed by atoms with Gasteiger partial charge in [-0.05, 0) is 23.8 Å². The van der Waals surface area contributed by atoms with Crippen LogP contribution >= 0.6 is 0 Å². The van der Waals surface area contributed by atoms with E-state index in [4.69, 9.17) is 10.5 Å². The highest BCUT2D eigenvalue weighted by Gasteiger charge is 2.33. The summed E-state index contributed by atoms with van der Waals surface area (Å²) in [7, 11) is 1.33. The molecule has 0 fully saturated rings. The van der Waals surface area contributed by atoms with Crippen molar-refractivity contribution < 1.29 is 22.3 Å². The minimum absolute atomic E-state index is 0.00183. The van der Waals surface area contributed by atoms with Crippen molar-refractivity contribution in [1.29, 1.82) is 0 Å². The molecule has 4 nitrogen and oxygen atoms in total. The normalized spacial score (nSPS) is 13.2. The van der Waals surface area contributed by atoms with Crippen LogP contribution in [0.15, 0.2) is 30.5 Å². The largest absolute Gasteiger partial charge is 0.494 e. The SMILES string of the molecule is COc1ccc(C(N)Cn2ccc(C(F)(F)F)n2)cc1F. The average molecular weight is 303 g/mol. The number of ether oxygens (including phenoxy) is 1. The van der Waals surface area contributed by atoms with Gasteiger partial charge in [-0.25, -0.2) is 4.39 Å². The molecule has 1 atom stereocenters. The molecule has 0 bridgehead atoms. The van der Waals surface area contributed by atoms with Crippen LogP contribution in [0.1, 0.15) is 17.3 Å². The number of halogens is 4. The van der Waals surface area contributed by atoms with Crippen molar-refractivity contribution in [3.63, 3.8) is 0 Å². The molecule has 1 heterocycles. The van der Waals surface area contributed by atoms with Crippen LogP contribution in [0.3, 0.4) is 0 Å². The highest BCUT2D eigenvalue weighted by molar-refractivity contribution is 5.30. The molecular formula is C13H13F4N3O. The molecule has 0 amide bonds. The lowest BCUT2D eigenvalue weighted by atomic mass is 10.1. The summed E-state index contributed by atoms with van der Waals surface area (Å²) in [6, 6.07) is 4.33. The zero-order chi connectivity index (χ0) is 15.6. The number of nitrogens with two attached hydrogens (primary N) is 1. The fourth-order valence-corrected chi connectivity index (χ4v) is 1.83. The lowest BCUT2D eigenvalue weighted by molar-refractivity contribution is -0.141. The lowest BCUT2D eigenvalue weighted by Gasteiger charge is -2.13. The predicted molar refractivity (Wildman–Crippen MR) is 67.1 cm³/mol. The number of hydrogen-bond donors (Lipinski definition) is 1. The Hall–Kier alpha value is -2.09. The summed E-state index contributed by atoms with van der Waals surface area (Å²) in [5.41, 5.74) is 5.31. The maximum Gasteiger partial charge on any atom is 0.435 e. The molecule has 0 saturated heterocycles. The van der Waals surface area contributed by atoms with Crippen LogP contribution < -0.4 is 10.5 Å². The molecule has 2 aromatic rings. The van der Waals surface area contributed by atoms with Crippen LogP contribution in [0.25, 0.3) is 0 Å². The number of nitrogens with zero attached hydrogens (tertiary/aromatic N) is 2. The highest BCUT2D eigenvalue weighted by Crippen LogP contribution is 2.27. The molecule has 0 saturated carbocycles. The highest BCUT2D eigenvalue weighted by atomic mass is 19.4. The van der Waals surface area contributed by atoms with Crippen molar-refractivity contribution in [2.45, 2.75) is 18.8 Å². The van der Waals surface area contributed by atoms with Crippen LogP contribution in [0.2, 0.25) is 0 Å². The summed E-state index contributed by atoms with van der Waals surface area (Å²) < 4.78 is 56.7. The molecule has 114 valence electrons. The maximum absolute atomic E-state index is 13.6. The van der Waals surface area contributed by atoms with Gasteiger partial charge < -0.3 is 10.5 Å². The van der Waals surface area contributed by atoms with Crippen LogP contribution in [0, 0.1) is 5.82 Å². The fraction of sp³-hybridized carbons (Fsp3) is 0.308. The Bertz CT molecular complexity index is 624. The van der Waals surface area contributed by atoms with E-state index in [9.17, 15) is 17.6 Å². The number of methoxy groups -OCH3 is 1. The molecule has 0 spiro atoms. The zero-order valence-corrected chi connectivity index (χ0v) is 11.1. The van der Waals surface area contributed by atoms with E-state index in [1.54, 1.807) is 6.07 Å². The van der Waals surface area contributed by atoms with Gasteiger partial charge in [0, 0.05) is 12.2 Å². The molecule has 2 N–H and O–H groups in total. The van der Waals surface area contributed by atoms with Crippen molar-refractivity contribution in [3.8, 4) is 5.75 Å². The predicted octanol–water partition coefficient (Wildman–Crippen LogP) is 2.75. The first-order valence-electron chi connectivity index (χ1n) is 6.01. The van der Waals surface area contributed by atoms with Crippen molar-refractivity contribution in [2.75, 3.05) is 7.11 Å². The summed E-state index contributed by atoms with van der Waals surface area (Å²) in [5.74, 6) is -0.508. The Kier molecular flexibility index (Phi) is 4.17. The molecule has 0 aliphatic rings. The van der Waals surface area contributed by atoms with Crippen LogP contribution in [-0.4, -0.2) is 16.9 Å². The van der Waals surface area contributed by atoms with Crippen LogP contribution in [0.5, 0.6) is 5.75 Å². The van der Waals surface area contributed by atoms with E-state index in [0.29, 0.717) is 5.56 Å². The minimum Gasteiger partial charge on any atom is -0.494 e. The number of aromatic nitrogens is 2. The molecule has 0 aliphatic heterocycles. The van der Waals surface area contributed by atoms with Gasteiger partial charge in [0.1, 0.15) is 0 Å². The number of hydrogen-bond acceptors (Lipinski definition) is 3. The first-order valence-corrected chi connectivity index (χ1v) is 6.01. The molecule has 0 radical (unpaired) electrons. The van der Waals surface area contributed by atoms with Crippen LogP contribution in [-0.2, 0) is 12.7 Å². The Balaban J connectivity index is 2.12. The van der Waals surface area contributed by atoms with Crippen molar-refractivity contribution in [1.82, 2.24) is 9.78 Å². The molecule has 0 aliphatic carbocycles. The summed E-state index contributed by atoms with van der Waals surface area (Å²) in [5, 5.41) is 3.40. The van der Waals surface area contributed by atoms with E-state index < -0.39 is 23.7 Å². The summed E-state index contributed by atoms with van der Waals surface area (Å²) in [6.45, 7) is 0.00183. The molecule has 1 unspecified atom stereocenters. The van der Waals surface area contributed by atoms with E-state index in [1.807, 2.05) is 0 Å². The van der Waals surface area contributed by atoms with Crippen molar-refractivity contribution >= 4 is 0 Å². The summed E-state index contributed by atoms with van der Waals surface area (Å²) >= 11 is 0. The zero-order valence-electron chi connectivity index (χ0n) is 11.1. The van der Waals surface area contributed by atoms with Crippen LogP contribution in [0.4, 0.5) is 17.6 Å². The Morgan fingerprint density at radius 1 is 1.33 bits per heavy atom. The van der Waals surface area contributed by atoms with Gasteiger partial charge in [-0.3, -0.25) is 4.68 Å². The van der Waals surface area contributed by atoms with Gasteiger partial charge in [0.15, 0.2) is 17.3 Å². The second-order valence-corrected chi connectivity index (χ2v) is 4.42. The molecule has 1 aromatic carbocycles. The lowest BCUT2D eigenvalue weighted by Crippen LogP contribution is -2.19. The first kappa shape index (κ1) is 15.3. The Morgan fingerprint density at radius 2 is 2.05 bits per heavy atom. The molecule has 8 heteroatoms. The van der Waals surface area contributed by atoms with Gasteiger partial charge in [0.25, 0.3) is 0 Å². The molecule has 2 rings (SSSR count). The smallest absolute Gasteiger partial charge is 0.435 e. The van der Waals surface area contributed by atoms with E-state index >= 15 is 0 Å². The third kappa shape index (κ3) is 3.52. The number of rotatable bonds is 4.